The highest BCUT2D eigenvalue weighted by molar-refractivity contribution is 7.98. The predicted octanol–water partition coefficient (Wildman–Crippen LogP) is 1.42. The molecule has 0 atom stereocenters. The van der Waals surface area contributed by atoms with E-state index in [1.54, 1.807) is 36.5 Å². The number of anilines is 1. The van der Waals surface area contributed by atoms with E-state index in [2.05, 4.69) is 10.3 Å². The third-order valence-electron chi connectivity index (χ3n) is 2.72. The number of sulfonamides is 1. The number of thiazole rings is 1. The minimum absolute atomic E-state index is 0.204. The molecule has 0 saturated carbocycles. The van der Waals surface area contributed by atoms with Crippen LogP contribution in [0.25, 0.3) is 4.96 Å². The van der Waals surface area contributed by atoms with Gasteiger partial charge in [0.15, 0.2) is 15.8 Å². The molecule has 2 aromatic heterocycles. The maximum atomic E-state index is 12.6. The summed E-state index contributed by atoms with van der Waals surface area (Å²) in [6.45, 7) is 0.476. The number of thioether (sulfide) groups is 1. The zero-order valence-corrected chi connectivity index (χ0v) is 13.4. The summed E-state index contributed by atoms with van der Waals surface area (Å²) < 4.78 is 28.2. The molecule has 1 N–H and O–H groups in total. The van der Waals surface area contributed by atoms with Gasteiger partial charge in [0, 0.05) is 38.0 Å². The summed E-state index contributed by atoms with van der Waals surface area (Å²) in [5.41, 5.74) is 0. The fourth-order valence-corrected chi connectivity index (χ4v) is 4.42. The summed E-state index contributed by atoms with van der Waals surface area (Å²) in [5, 5.41) is 4.88. The lowest BCUT2D eigenvalue weighted by Gasteiger charge is -2.16. The normalized spacial score (nSPS) is 12.4. The minimum Gasteiger partial charge on any atom is -0.371 e. The lowest BCUT2D eigenvalue weighted by molar-refractivity contribution is 0.485. The Hall–Kier alpha value is -0.770. The van der Waals surface area contributed by atoms with E-state index in [0.29, 0.717) is 17.3 Å². The van der Waals surface area contributed by atoms with Crippen molar-refractivity contribution in [2.24, 2.45) is 0 Å². The number of aromatic nitrogens is 2. The van der Waals surface area contributed by atoms with Gasteiger partial charge in [-0.15, -0.1) is 11.3 Å². The molecule has 0 spiro atoms. The van der Waals surface area contributed by atoms with Crippen molar-refractivity contribution in [2.45, 2.75) is 5.03 Å². The average Bonchev–Trinajstić information content (AvgIpc) is 2.94. The second-order valence-electron chi connectivity index (χ2n) is 3.89. The van der Waals surface area contributed by atoms with Crippen LogP contribution in [0.3, 0.4) is 0 Å². The first-order valence-corrected chi connectivity index (χ1v) is 9.32. The van der Waals surface area contributed by atoms with Crippen LogP contribution in [0.4, 0.5) is 5.82 Å². The van der Waals surface area contributed by atoms with Crippen LogP contribution < -0.4 is 5.32 Å². The van der Waals surface area contributed by atoms with E-state index in [1.165, 1.54) is 15.6 Å². The van der Waals surface area contributed by atoms with E-state index in [0.717, 1.165) is 5.75 Å². The molecule has 0 amide bonds. The fraction of sp³-hybridized carbons (Fsp3) is 0.500. The molecular weight excluding hydrogens is 304 g/mol. The summed E-state index contributed by atoms with van der Waals surface area (Å²) >= 11 is 3.02. The van der Waals surface area contributed by atoms with Crippen molar-refractivity contribution in [2.75, 3.05) is 38.0 Å². The van der Waals surface area contributed by atoms with Crippen molar-refractivity contribution >= 4 is 43.9 Å². The Bertz CT molecular complexity index is 661. The first kappa shape index (κ1) is 14.6. The van der Waals surface area contributed by atoms with Gasteiger partial charge in [-0.1, -0.05) is 0 Å². The minimum atomic E-state index is -3.54. The topological polar surface area (TPSA) is 66.7 Å². The van der Waals surface area contributed by atoms with Crippen LogP contribution in [0.1, 0.15) is 0 Å². The predicted molar refractivity (Wildman–Crippen MR) is 80.8 cm³/mol. The van der Waals surface area contributed by atoms with Gasteiger partial charge < -0.3 is 5.32 Å². The maximum absolute atomic E-state index is 12.6. The number of rotatable bonds is 6. The number of nitrogens with zero attached hydrogens (tertiary/aromatic N) is 3. The van der Waals surface area contributed by atoms with Crippen LogP contribution in [-0.4, -0.2) is 54.8 Å². The lowest BCUT2D eigenvalue weighted by Crippen LogP contribution is -2.30. The first-order chi connectivity index (χ1) is 9.02. The van der Waals surface area contributed by atoms with Crippen molar-refractivity contribution in [3.05, 3.63) is 11.6 Å². The SMILES string of the molecule is CNc1nc2sccn2c1S(=O)(=O)N(C)CCSC. The molecule has 2 rings (SSSR count). The van der Waals surface area contributed by atoms with Crippen LogP contribution in [-0.2, 0) is 10.0 Å². The number of hydrogen-bond donors (Lipinski definition) is 1. The quantitative estimate of drug-likeness (QED) is 0.872. The molecule has 19 heavy (non-hydrogen) atoms. The van der Waals surface area contributed by atoms with E-state index < -0.39 is 10.0 Å². The lowest BCUT2D eigenvalue weighted by atomic mass is 10.7. The zero-order valence-electron chi connectivity index (χ0n) is 11.0. The summed E-state index contributed by atoms with van der Waals surface area (Å²) in [7, 11) is -0.275. The molecular formula is C10H16N4O2S3. The standard InChI is InChI=1S/C10H16N4O2S3/c1-11-8-9(14-5-7-18-10(14)12-8)19(15,16)13(2)4-6-17-3/h5,7,11H,4,6H2,1-3H3. The zero-order chi connectivity index (χ0) is 14.0. The Morgan fingerprint density at radius 2 is 2.32 bits per heavy atom. The molecule has 2 aromatic rings. The fourth-order valence-electron chi connectivity index (χ4n) is 1.66. The second-order valence-corrected chi connectivity index (χ2v) is 7.71. The van der Waals surface area contributed by atoms with Gasteiger partial charge in [0.1, 0.15) is 0 Å². The molecule has 9 heteroatoms. The van der Waals surface area contributed by atoms with Gasteiger partial charge in [0.2, 0.25) is 0 Å². The van der Waals surface area contributed by atoms with Crippen LogP contribution in [0.15, 0.2) is 16.6 Å². The van der Waals surface area contributed by atoms with Crippen molar-refractivity contribution in [3.8, 4) is 0 Å². The highest BCUT2D eigenvalue weighted by Crippen LogP contribution is 2.27. The summed E-state index contributed by atoms with van der Waals surface area (Å²) in [6, 6.07) is 0. The van der Waals surface area contributed by atoms with Gasteiger partial charge in [0.25, 0.3) is 10.0 Å². The number of nitrogens with one attached hydrogen (secondary N) is 1. The Labute approximate surface area is 120 Å². The van der Waals surface area contributed by atoms with Crippen molar-refractivity contribution in [1.82, 2.24) is 13.7 Å². The van der Waals surface area contributed by atoms with Gasteiger partial charge in [-0.25, -0.2) is 13.4 Å². The smallest absolute Gasteiger partial charge is 0.262 e. The summed E-state index contributed by atoms with van der Waals surface area (Å²) in [4.78, 5) is 4.95. The van der Waals surface area contributed by atoms with Gasteiger partial charge >= 0.3 is 0 Å². The molecule has 0 fully saturated rings. The van der Waals surface area contributed by atoms with Crippen LogP contribution >= 0.6 is 23.1 Å². The summed E-state index contributed by atoms with van der Waals surface area (Å²) in [6.07, 6.45) is 3.68. The molecule has 0 unspecified atom stereocenters. The molecule has 0 aliphatic rings. The molecule has 0 saturated heterocycles. The third kappa shape index (κ3) is 2.60. The molecule has 0 aliphatic carbocycles. The number of hydrogen-bond acceptors (Lipinski definition) is 6. The van der Waals surface area contributed by atoms with Crippen LogP contribution in [0.2, 0.25) is 0 Å². The van der Waals surface area contributed by atoms with Crippen LogP contribution in [0, 0.1) is 0 Å². The Kier molecular flexibility index (Phi) is 4.39. The highest BCUT2D eigenvalue weighted by Gasteiger charge is 2.29. The van der Waals surface area contributed by atoms with E-state index in [1.807, 2.05) is 11.6 Å². The number of imidazole rings is 1. The molecule has 2 heterocycles. The average molecular weight is 320 g/mol. The Morgan fingerprint density at radius 3 is 2.95 bits per heavy atom. The van der Waals surface area contributed by atoms with E-state index in [4.69, 9.17) is 0 Å². The highest BCUT2D eigenvalue weighted by atomic mass is 32.2. The van der Waals surface area contributed by atoms with E-state index in [-0.39, 0.29) is 5.03 Å². The third-order valence-corrected chi connectivity index (χ3v) is 5.95. The van der Waals surface area contributed by atoms with E-state index in [9.17, 15) is 8.42 Å². The van der Waals surface area contributed by atoms with Gasteiger partial charge in [-0.3, -0.25) is 4.40 Å². The second kappa shape index (κ2) is 5.70. The molecule has 106 valence electrons. The van der Waals surface area contributed by atoms with Crippen molar-refractivity contribution in [3.63, 3.8) is 0 Å². The van der Waals surface area contributed by atoms with Crippen molar-refractivity contribution < 1.29 is 8.42 Å². The molecule has 0 radical (unpaired) electrons. The first-order valence-electron chi connectivity index (χ1n) is 5.61. The van der Waals surface area contributed by atoms with Gasteiger partial charge in [0.05, 0.1) is 0 Å². The number of fused-ring (bicyclic) bond motifs is 1. The Morgan fingerprint density at radius 1 is 1.58 bits per heavy atom. The van der Waals surface area contributed by atoms with Crippen LogP contribution in [0.5, 0.6) is 0 Å². The van der Waals surface area contributed by atoms with Gasteiger partial charge in [-0.05, 0) is 6.26 Å². The molecule has 0 aliphatic heterocycles. The maximum Gasteiger partial charge on any atom is 0.262 e. The molecule has 0 aromatic carbocycles. The van der Waals surface area contributed by atoms with E-state index >= 15 is 0 Å². The van der Waals surface area contributed by atoms with Gasteiger partial charge in [-0.2, -0.15) is 16.1 Å². The molecule has 6 nitrogen and oxygen atoms in total. The molecule has 0 bridgehead atoms. The Balaban J connectivity index is 2.49. The largest absolute Gasteiger partial charge is 0.371 e. The van der Waals surface area contributed by atoms with Crippen molar-refractivity contribution in [1.29, 1.82) is 0 Å². The monoisotopic (exact) mass is 320 g/mol. The summed E-state index contributed by atoms with van der Waals surface area (Å²) in [5.74, 6) is 1.15.